The Labute approximate surface area is 105 Å². The Balaban J connectivity index is 2.18. The molecule has 1 heterocycles. The summed E-state index contributed by atoms with van der Waals surface area (Å²) in [4.78, 5) is 2.06. The van der Waals surface area contributed by atoms with E-state index in [2.05, 4.69) is 10.2 Å². The summed E-state index contributed by atoms with van der Waals surface area (Å²) in [6.07, 6.45) is 0. The van der Waals surface area contributed by atoms with E-state index in [1.165, 1.54) is 12.1 Å². The summed E-state index contributed by atoms with van der Waals surface area (Å²) < 4.78 is 26.2. The van der Waals surface area contributed by atoms with Gasteiger partial charge in [-0.15, -0.1) is 0 Å². The number of alkyl halides is 1. The molecule has 1 N–H and O–H groups in total. The summed E-state index contributed by atoms with van der Waals surface area (Å²) in [5.41, 5.74) is 0.737. The largest absolute Gasteiger partial charge is 0.314 e. The van der Waals surface area contributed by atoms with E-state index < -0.39 is 12.5 Å². The summed E-state index contributed by atoms with van der Waals surface area (Å²) in [7, 11) is 0. The summed E-state index contributed by atoms with van der Waals surface area (Å²) >= 11 is 5.73. The summed E-state index contributed by atoms with van der Waals surface area (Å²) in [5, 5.41) is 3.27. The van der Waals surface area contributed by atoms with Crippen LogP contribution in [0.1, 0.15) is 11.6 Å². The lowest BCUT2D eigenvalue weighted by atomic mass is 10.1. The maximum atomic E-state index is 13.2. The maximum Gasteiger partial charge on any atom is 0.141 e. The minimum atomic E-state index is -0.484. The van der Waals surface area contributed by atoms with Gasteiger partial charge in [0, 0.05) is 26.2 Å². The van der Waals surface area contributed by atoms with Gasteiger partial charge >= 0.3 is 0 Å². The molecule has 0 aliphatic carbocycles. The Kier molecular flexibility index (Phi) is 4.31. The van der Waals surface area contributed by atoms with Crippen molar-refractivity contribution in [2.24, 2.45) is 0 Å². The van der Waals surface area contributed by atoms with E-state index in [0.29, 0.717) is 0 Å². The quantitative estimate of drug-likeness (QED) is 0.898. The molecule has 0 unspecified atom stereocenters. The zero-order valence-corrected chi connectivity index (χ0v) is 10.2. The highest BCUT2D eigenvalue weighted by molar-refractivity contribution is 6.30. The molecule has 1 aromatic rings. The van der Waals surface area contributed by atoms with Gasteiger partial charge in [-0.25, -0.2) is 8.78 Å². The molecule has 1 aliphatic rings. The summed E-state index contributed by atoms with van der Waals surface area (Å²) in [6.45, 7) is 2.81. The average Bonchev–Trinajstić information content (AvgIpc) is 2.36. The van der Waals surface area contributed by atoms with Crippen LogP contribution in [0.4, 0.5) is 8.78 Å². The highest BCUT2D eigenvalue weighted by atomic mass is 35.5. The minimum Gasteiger partial charge on any atom is -0.314 e. The second-order valence-electron chi connectivity index (χ2n) is 4.13. The first-order valence-corrected chi connectivity index (χ1v) is 6.06. The van der Waals surface area contributed by atoms with Crippen LogP contribution < -0.4 is 5.32 Å². The van der Waals surface area contributed by atoms with Crippen LogP contribution in [0.5, 0.6) is 0 Å². The minimum absolute atomic E-state index is 0.0519. The highest BCUT2D eigenvalue weighted by Crippen LogP contribution is 2.25. The molecule has 0 spiro atoms. The maximum absolute atomic E-state index is 13.2. The molecular weight excluding hydrogens is 246 g/mol. The number of nitrogens with one attached hydrogen (secondary N) is 1. The standard InChI is InChI=1S/C12H15ClF2N2/c13-10-7-9(1-2-11(10)15)12(8-14)17-5-3-16-4-6-17/h1-2,7,12,16H,3-6,8H2/t12-/m0/s1. The molecule has 17 heavy (non-hydrogen) atoms. The van der Waals surface area contributed by atoms with Crippen molar-refractivity contribution in [3.63, 3.8) is 0 Å². The molecule has 5 heteroatoms. The Hall–Kier alpha value is -0.710. The average molecular weight is 261 g/mol. The lowest BCUT2D eigenvalue weighted by Crippen LogP contribution is -2.45. The Morgan fingerprint density at radius 1 is 1.35 bits per heavy atom. The normalized spacial score (nSPS) is 19.2. The highest BCUT2D eigenvalue weighted by Gasteiger charge is 2.22. The van der Waals surface area contributed by atoms with E-state index in [0.717, 1.165) is 31.7 Å². The molecular formula is C12H15ClF2N2. The van der Waals surface area contributed by atoms with Gasteiger partial charge in [0.15, 0.2) is 0 Å². The van der Waals surface area contributed by atoms with Crippen LogP contribution in [0.2, 0.25) is 5.02 Å². The molecule has 0 bridgehead atoms. The number of rotatable bonds is 3. The SMILES string of the molecule is FC[C@@H](c1ccc(F)c(Cl)c1)N1CCNCC1. The van der Waals surface area contributed by atoms with E-state index in [9.17, 15) is 8.78 Å². The van der Waals surface area contributed by atoms with Gasteiger partial charge < -0.3 is 5.32 Å². The van der Waals surface area contributed by atoms with Crippen molar-refractivity contribution in [2.75, 3.05) is 32.9 Å². The third-order valence-corrected chi connectivity index (χ3v) is 3.36. The van der Waals surface area contributed by atoms with E-state index in [1.54, 1.807) is 6.07 Å². The molecule has 0 aromatic heterocycles. The first kappa shape index (κ1) is 12.7. The monoisotopic (exact) mass is 260 g/mol. The second-order valence-corrected chi connectivity index (χ2v) is 4.54. The predicted molar refractivity (Wildman–Crippen MR) is 64.6 cm³/mol. The van der Waals surface area contributed by atoms with Crippen LogP contribution in [-0.4, -0.2) is 37.8 Å². The summed E-state index contributed by atoms with van der Waals surface area (Å²) in [5.74, 6) is -0.465. The third kappa shape index (κ3) is 2.94. The van der Waals surface area contributed by atoms with Crippen molar-refractivity contribution in [1.82, 2.24) is 10.2 Å². The Morgan fingerprint density at radius 3 is 2.65 bits per heavy atom. The first-order valence-electron chi connectivity index (χ1n) is 5.68. The fourth-order valence-corrected chi connectivity index (χ4v) is 2.30. The van der Waals surface area contributed by atoms with Crippen LogP contribution in [0, 0.1) is 5.82 Å². The topological polar surface area (TPSA) is 15.3 Å². The van der Waals surface area contributed by atoms with Crippen LogP contribution >= 0.6 is 11.6 Å². The molecule has 94 valence electrons. The molecule has 0 saturated carbocycles. The molecule has 1 aliphatic heterocycles. The molecule has 1 fully saturated rings. The zero-order chi connectivity index (χ0) is 12.3. The van der Waals surface area contributed by atoms with Crippen LogP contribution in [0.3, 0.4) is 0 Å². The fourth-order valence-electron chi connectivity index (χ4n) is 2.11. The van der Waals surface area contributed by atoms with Crippen LogP contribution in [-0.2, 0) is 0 Å². The Bertz CT molecular complexity index is 381. The van der Waals surface area contributed by atoms with E-state index in [-0.39, 0.29) is 11.1 Å². The van der Waals surface area contributed by atoms with Gasteiger partial charge in [-0.2, -0.15) is 0 Å². The van der Waals surface area contributed by atoms with E-state index >= 15 is 0 Å². The second kappa shape index (κ2) is 5.76. The van der Waals surface area contributed by atoms with Crippen molar-refractivity contribution in [2.45, 2.75) is 6.04 Å². The fraction of sp³-hybridized carbons (Fsp3) is 0.500. The van der Waals surface area contributed by atoms with Crippen molar-refractivity contribution >= 4 is 11.6 Å². The van der Waals surface area contributed by atoms with Gasteiger partial charge in [-0.05, 0) is 17.7 Å². The molecule has 1 aromatic carbocycles. The van der Waals surface area contributed by atoms with Gasteiger partial charge in [-0.3, -0.25) is 4.90 Å². The Morgan fingerprint density at radius 2 is 2.06 bits per heavy atom. The number of hydrogen-bond donors (Lipinski definition) is 1. The van der Waals surface area contributed by atoms with Crippen molar-refractivity contribution < 1.29 is 8.78 Å². The molecule has 1 saturated heterocycles. The van der Waals surface area contributed by atoms with Gasteiger partial charge in [0.05, 0.1) is 11.1 Å². The van der Waals surface area contributed by atoms with Gasteiger partial charge in [0.25, 0.3) is 0 Å². The van der Waals surface area contributed by atoms with Crippen molar-refractivity contribution in [3.05, 3.63) is 34.6 Å². The van der Waals surface area contributed by atoms with Crippen molar-refractivity contribution in [1.29, 1.82) is 0 Å². The zero-order valence-electron chi connectivity index (χ0n) is 9.43. The first-order chi connectivity index (χ1) is 8.22. The lowest BCUT2D eigenvalue weighted by Gasteiger charge is -2.33. The number of nitrogens with zero attached hydrogens (tertiary/aromatic N) is 1. The van der Waals surface area contributed by atoms with E-state index in [1.807, 2.05) is 0 Å². The molecule has 2 nitrogen and oxygen atoms in total. The van der Waals surface area contributed by atoms with E-state index in [4.69, 9.17) is 11.6 Å². The summed E-state index contributed by atoms with van der Waals surface area (Å²) in [6, 6.07) is 4.09. The predicted octanol–water partition coefficient (Wildman–Crippen LogP) is 2.39. The van der Waals surface area contributed by atoms with Gasteiger partial charge in [0.1, 0.15) is 12.5 Å². The lowest BCUT2D eigenvalue weighted by molar-refractivity contribution is 0.147. The number of benzene rings is 1. The number of piperazine rings is 1. The van der Waals surface area contributed by atoms with Crippen LogP contribution in [0.15, 0.2) is 18.2 Å². The van der Waals surface area contributed by atoms with Crippen molar-refractivity contribution in [3.8, 4) is 0 Å². The number of halogens is 3. The molecule has 0 amide bonds. The third-order valence-electron chi connectivity index (χ3n) is 3.07. The molecule has 1 atom stereocenters. The van der Waals surface area contributed by atoms with Gasteiger partial charge in [0.2, 0.25) is 0 Å². The molecule has 0 radical (unpaired) electrons. The van der Waals surface area contributed by atoms with Gasteiger partial charge in [-0.1, -0.05) is 17.7 Å². The number of hydrogen-bond acceptors (Lipinski definition) is 2. The smallest absolute Gasteiger partial charge is 0.141 e. The molecule has 2 rings (SSSR count). The van der Waals surface area contributed by atoms with Crippen LogP contribution in [0.25, 0.3) is 0 Å².